The Labute approximate surface area is 223 Å². The number of carbonyl (C=O) groups is 1. The van der Waals surface area contributed by atoms with E-state index in [-0.39, 0.29) is 17.0 Å². The van der Waals surface area contributed by atoms with E-state index < -0.39 is 0 Å². The molecule has 6 heteroatoms. The van der Waals surface area contributed by atoms with Gasteiger partial charge in [0.05, 0.1) is 12.1 Å². The van der Waals surface area contributed by atoms with Crippen molar-refractivity contribution in [2.24, 2.45) is 0 Å². The number of hydrogen-bond acceptors (Lipinski definition) is 6. The highest BCUT2D eigenvalue weighted by molar-refractivity contribution is 5.78. The summed E-state index contributed by atoms with van der Waals surface area (Å²) in [6.07, 6.45) is 3.43. The van der Waals surface area contributed by atoms with Crippen LogP contribution in [0.1, 0.15) is 49.4 Å². The van der Waals surface area contributed by atoms with E-state index in [1.165, 1.54) is 16.7 Å². The summed E-state index contributed by atoms with van der Waals surface area (Å²) in [5.74, 6) is 1.13. The van der Waals surface area contributed by atoms with Crippen molar-refractivity contribution in [1.29, 1.82) is 0 Å². The summed E-state index contributed by atoms with van der Waals surface area (Å²) in [6.45, 7) is 7.55. The quantitative estimate of drug-likeness (QED) is 0.317. The summed E-state index contributed by atoms with van der Waals surface area (Å²) in [5.41, 5.74) is 6.38. The van der Waals surface area contributed by atoms with E-state index >= 15 is 0 Å². The number of aryl methyl sites for hydroxylation is 1. The molecule has 2 heterocycles. The summed E-state index contributed by atoms with van der Waals surface area (Å²) in [6, 6.07) is 24.9. The van der Waals surface area contributed by atoms with Gasteiger partial charge in [0.25, 0.3) is 0 Å². The fraction of sp³-hybridized carbons (Fsp3) is 0.344. The maximum Gasteiger partial charge on any atom is 0.248 e. The van der Waals surface area contributed by atoms with Crippen molar-refractivity contribution in [3.63, 3.8) is 0 Å². The molecule has 0 unspecified atom stereocenters. The molecule has 0 saturated carbocycles. The molecule has 3 aromatic carbocycles. The average Bonchev–Trinajstić information content (AvgIpc) is 3.49. The molecule has 0 amide bonds. The van der Waals surface area contributed by atoms with Crippen LogP contribution >= 0.6 is 0 Å². The second kappa shape index (κ2) is 9.61. The van der Waals surface area contributed by atoms with Crippen LogP contribution in [-0.4, -0.2) is 38.8 Å². The maximum atomic E-state index is 11.4. The standard InChI is InChI=1S/C32H33N3O3/c1-22(36)17-23-9-11-26(12-10-23)29-33-34-30(38-29)27-14-13-25-15-16-32(19-28(25)18-27)21-37-31(2,3)35(32)20-24-7-5-4-6-8-24/h4-14,18H,15-17,19-21H2,1-3H3/t32-/m0/s1. The molecule has 0 radical (unpaired) electrons. The summed E-state index contributed by atoms with van der Waals surface area (Å²) in [5, 5.41) is 8.66. The number of ether oxygens (including phenoxy) is 1. The molecule has 1 aliphatic heterocycles. The van der Waals surface area contributed by atoms with Crippen molar-refractivity contribution < 1.29 is 13.9 Å². The van der Waals surface area contributed by atoms with Gasteiger partial charge in [-0.25, -0.2) is 0 Å². The average molecular weight is 508 g/mol. The van der Waals surface area contributed by atoms with Gasteiger partial charge in [-0.3, -0.25) is 9.69 Å². The second-order valence-corrected chi connectivity index (χ2v) is 11.2. The monoisotopic (exact) mass is 507 g/mol. The van der Waals surface area contributed by atoms with Crippen LogP contribution in [0.3, 0.4) is 0 Å². The van der Waals surface area contributed by atoms with Crippen molar-refractivity contribution in [2.75, 3.05) is 6.61 Å². The Kier molecular flexibility index (Phi) is 6.25. The van der Waals surface area contributed by atoms with Crippen LogP contribution in [0, 0.1) is 0 Å². The molecule has 1 fully saturated rings. The minimum Gasteiger partial charge on any atom is -0.416 e. The Morgan fingerprint density at radius 1 is 0.895 bits per heavy atom. The number of carbonyl (C=O) groups excluding carboxylic acids is 1. The van der Waals surface area contributed by atoms with Crippen molar-refractivity contribution in [3.8, 4) is 22.9 Å². The summed E-state index contributed by atoms with van der Waals surface area (Å²) in [4.78, 5) is 14.0. The molecule has 2 aliphatic rings. The number of fused-ring (bicyclic) bond motifs is 1. The van der Waals surface area contributed by atoms with Crippen LogP contribution in [0.4, 0.5) is 0 Å². The lowest BCUT2D eigenvalue weighted by atomic mass is 9.76. The van der Waals surface area contributed by atoms with Gasteiger partial charge in [-0.05, 0) is 86.6 Å². The molecule has 0 N–H and O–H groups in total. The third kappa shape index (κ3) is 4.70. The fourth-order valence-corrected chi connectivity index (χ4v) is 6.00. The Morgan fingerprint density at radius 2 is 1.61 bits per heavy atom. The molecule has 1 aliphatic carbocycles. The number of ketones is 1. The van der Waals surface area contributed by atoms with Crippen molar-refractivity contribution in [2.45, 2.75) is 64.3 Å². The van der Waals surface area contributed by atoms with E-state index in [0.717, 1.165) is 49.1 Å². The van der Waals surface area contributed by atoms with Gasteiger partial charge in [0.2, 0.25) is 11.8 Å². The summed E-state index contributed by atoms with van der Waals surface area (Å²) < 4.78 is 12.5. The van der Waals surface area contributed by atoms with Gasteiger partial charge < -0.3 is 9.15 Å². The third-order valence-corrected chi connectivity index (χ3v) is 8.01. The van der Waals surface area contributed by atoms with Gasteiger partial charge >= 0.3 is 0 Å². The van der Waals surface area contributed by atoms with Crippen LogP contribution in [0.2, 0.25) is 0 Å². The fourth-order valence-electron chi connectivity index (χ4n) is 6.00. The molecule has 6 nitrogen and oxygen atoms in total. The topological polar surface area (TPSA) is 68.5 Å². The van der Waals surface area contributed by atoms with E-state index in [2.05, 4.69) is 77.5 Å². The van der Waals surface area contributed by atoms with E-state index in [0.29, 0.717) is 18.2 Å². The predicted octanol–water partition coefficient (Wildman–Crippen LogP) is 6.03. The SMILES string of the molecule is CC(=O)Cc1ccc(-c2nnc(-c3ccc4c(c3)C[C@@]3(CC4)COC(C)(C)N3Cc3ccccc3)o2)cc1. The molecular formula is C32H33N3O3. The number of benzene rings is 3. The molecule has 1 spiro atoms. The molecule has 1 saturated heterocycles. The second-order valence-electron chi connectivity index (χ2n) is 11.2. The smallest absolute Gasteiger partial charge is 0.248 e. The number of hydrogen-bond donors (Lipinski definition) is 0. The van der Waals surface area contributed by atoms with Gasteiger partial charge in [0.15, 0.2) is 0 Å². The lowest BCUT2D eigenvalue weighted by Gasteiger charge is -2.45. The zero-order valence-electron chi connectivity index (χ0n) is 22.2. The molecule has 6 rings (SSSR count). The number of aromatic nitrogens is 2. The van der Waals surface area contributed by atoms with Gasteiger partial charge in [0, 0.05) is 24.1 Å². The highest BCUT2D eigenvalue weighted by Crippen LogP contribution is 2.44. The molecule has 0 bridgehead atoms. The first-order chi connectivity index (χ1) is 18.3. The number of Topliss-reactive ketones (excluding diaryl/α,β-unsaturated/α-hetero) is 1. The first kappa shape index (κ1) is 24.7. The normalized spacial score (nSPS) is 20.5. The van der Waals surface area contributed by atoms with Gasteiger partial charge in [0.1, 0.15) is 11.5 Å². The zero-order chi connectivity index (χ0) is 26.3. The molecule has 1 atom stereocenters. The lowest BCUT2D eigenvalue weighted by Crippen LogP contribution is -2.54. The number of rotatable bonds is 6. The maximum absolute atomic E-state index is 11.4. The Morgan fingerprint density at radius 3 is 2.34 bits per heavy atom. The van der Waals surface area contributed by atoms with Crippen LogP contribution in [0.15, 0.2) is 77.2 Å². The van der Waals surface area contributed by atoms with E-state index in [1.54, 1.807) is 6.92 Å². The van der Waals surface area contributed by atoms with Crippen LogP contribution in [-0.2, 0) is 35.3 Å². The van der Waals surface area contributed by atoms with Crippen LogP contribution < -0.4 is 0 Å². The van der Waals surface area contributed by atoms with E-state index in [9.17, 15) is 4.79 Å². The van der Waals surface area contributed by atoms with Gasteiger partial charge in [-0.2, -0.15) is 0 Å². The highest BCUT2D eigenvalue weighted by atomic mass is 16.5. The van der Waals surface area contributed by atoms with Gasteiger partial charge in [-0.15, -0.1) is 10.2 Å². The molecule has 4 aromatic rings. The first-order valence-electron chi connectivity index (χ1n) is 13.3. The van der Waals surface area contributed by atoms with Crippen LogP contribution in [0.5, 0.6) is 0 Å². The minimum absolute atomic E-state index is 0.0490. The minimum atomic E-state index is -0.327. The van der Waals surface area contributed by atoms with Crippen molar-refractivity contribution in [1.82, 2.24) is 15.1 Å². The summed E-state index contributed by atoms with van der Waals surface area (Å²) >= 11 is 0. The Balaban J connectivity index is 1.25. The van der Waals surface area contributed by atoms with E-state index in [4.69, 9.17) is 9.15 Å². The highest BCUT2D eigenvalue weighted by Gasteiger charge is 2.52. The molecule has 38 heavy (non-hydrogen) atoms. The molecule has 1 aromatic heterocycles. The first-order valence-corrected chi connectivity index (χ1v) is 13.3. The predicted molar refractivity (Wildman–Crippen MR) is 146 cm³/mol. The largest absolute Gasteiger partial charge is 0.416 e. The Bertz CT molecular complexity index is 1460. The Hall–Kier alpha value is -3.61. The number of nitrogens with zero attached hydrogens (tertiary/aromatic N) is 3. The van der Waals surface area contributed by atoms with Gasteiger partial charge in [-0.1, -0.05) is 48.5 Å². The van der Waals surface area contributed by atoms with Crippen molar-refractivity contribution in [3.05, 3.63) is 95.1 Å². The van der Waals surface area contributed by atoms with Crippen LogP contribution in [0.25, 0.3) is 22.9 Å². The lowest BCUT2D eigenvalue weighted by molar-refractivity contribution is -0.116. The van der Waals surface area contributed by atoms with E-state index in [1.807, 2.05) is 24.3 Å². The summed E-state index contributed by atoms with van der Waals surface area (Å²) in [7, 11) is 0. The molecular weight excluding hydrogens is 474 g/mol. The zero-order valence-corrected chi connectivity index (χ0v) is 22.2. The van der Waals surface area contributed by atoms with Crippen molar-refractivity contribution >= 4 is 5.78 Å². The molecule has 194 valence electrons. The third-order valence-electron chi connectivity index (χ3n) is 8.01.